The van der Waals surface area contributed by atoms with Crippen LogP contribution in [0.1, 0.15) is 15.9 Å². The SMILES string of the molecule is CNC(=O)c1cccc(CN2SC([AsH]c3ccc(Cl)cc3)NC2=O)c1. The summed E-state index contributed by atoms with van der Waals surface area (Å²) >= 11 is 6.92. The van der Waals surface area contributed by atoms with Crippen molar-refractivity contribution in [3.8, 4) is 0 Å². The van der Waals surface area contributed by atoms with Gasteiger partial charge in [0, 0.05) is 0 Å². The third-order valence-corrected chi connectivity index (χ3v) is 8.26. The average Bonchev–Trinajstić information content (AvgIpc) is 2.95. The number of benzene rings is 2. The van der Waals surface area contributed by atoms with Gasteiger partial charge in [0.25, 0.3) is 0 Å². The molecule has 0 saturated carbocycles. The van der Waals surface area contributed by atoms with Gasteiger partial charge in [0.2, 0.25) is 0 Å². The molecule has 2 aromatic carbocycles. The number of carbonyl (C=O) groups excluding carboxylic acids is 2. The molecule has 2 N–H and O–H groups in total. The number of hydrogen-bond acceptors (Lipinski definition) is 3. The molecule has 0 radical (unpaired) electrons. The normalized spacial score (nSPS) is 17.1. The van der Waals surface area contributed by atoms with Crippen molar-refractivity contribution in [1.82, 2.24) is 14.9 Å². The first kappa shape index (κ1) is 18.2. The van der Waals surface area contributed by atoms with Gasteiger partial charge in [0.05, 0.1) is 0 Å². The van der Waals surface area contributed by atoms with E-state index in [0.717, 1.165) is 10.6 Å². The van der Waals surface area contributed by atoms with Crippen molar-refractivity contribution in [2.75, 3.05) is 7.05 Å². The van der Waals surface area contributed by atoms with Crippen LogP contribution < -0.4 is 15.0 Å². The molecule has 2 aromatic rings. The van der Waals surface area contributed by atoms with E-state index in [1.165, 1.54) is 16.3 Å². The number of hydrogen-bond donors (Lipinski definition) is 2. The number of amides is 3. The standard InChI is InChI=1S/C17H17AsClN3O2S/c1-20-15(23)12-4-2-3-11(9-12)10-22-17(24)21-16(25-22)18-13-5-7-14(19)8-6-13/h2-9,16,18H,10H2,1H3,(H,20,23)(H,21,24). The molecule has 1 fully saturated rings. The minimum absolute atomic E-state index is 0.0851. The van der Waals surface area contributed by atoms with E-state index in [-0.39, 0.29) is 16.1 Å². The first-order valence-electron chi connectivity index (χ1n) is 7.63. The summed E-state index contributed by atoms with van der Waals surface area (Å²) in [5.74, 6) is -0.132. The van der Waals surface area contributed by atoms with Crippen LogP contribution >= 0.6 is 23.5 Å². The molecule has 5 nitrogen and oxygen atoms in total. The summed E-state index contributed by atoms with van der Waals surface area (Å²) < 4.78 is 3.06. The van der Waals surface area contributed by atoms with Crippen molar-refractivity contribution >= 4 is 55.6 Å². The molecule has 1 aliphatic heterocycles. The predicted octanol–water partition coefficient (Wildman–Crippen LogP) is 1.92. The second-order valence-corrected chi connectivity index (χ2v) is 10.9. The summed E-state index contributed by atoms with van der Waals surface area (Å²) in [6, 6.07) is 15.0. The van der Waals surface area contributed by atoms with Crippen LogP contribution in [0.15, 0.2) is 48.5 Å². The van der Waals surface area contributed by atoms with Gasteiger partial charge in [-0.2, -0.15) is 0 Å². The van der Waals surface area contributed by atoms with E-state index in [0.29, 0.717) is 12.1 Å². The van der Waals surface area contributed by atoms with Crippen molar-refractivity contribution in [2.45, 2.75) is 10.7 Å². The molecule has 0 aliphatic carbocycles. The zero-order chi connectivity index (χ0) is 17.8. The Morgan fingerprint density at radius 2 is 2.08 bits per heavy atom. The van der Waals surface area contributed by atoms with Gasteiger partial charge in [-0.05, 0) is 0 Å². The van der Waals surface area contributed by atoms with Crippen LogP contribution in [0.3, 0.4) is 0 Å². The molecule has 0 bridgehead atoms. The monoisotopic (exact) mass is 437 g/mol. The minimum atomic E-state index is -0.523. The quantitative estimate of drug-likeness (QED) is 0.555. The topological polar surface area (TPSA) is 61.4 Å². The van der Waals surface area contributed by atoms with Gasteiger partial charge in [-0.15, -0.1) is 0 Å². The molecular formula is C17H17AsClN3O2S. The third kappa shape index (κ3) is 4.72. The molecule has 1 heterocycles. The van der Waals surface area contributed by atoms with Crippen LogP contribution in [0.2, 0.25) is 5.02 Å². The van der Waals surface area contributed by atoms with E-state index in [1.54, 1.807) is 17.4 Å². The fourth-order valence-electron chi connectivity index (χ4n) is 2.38. The van der Waals surface area contributed by atoms with E-state index >= 15 is 0 Å². The number of nitrogens with one attached hydrogen (secondary N) is 2. The van der Waals surface area contributed by atoms with Gasteiger partial charge in [0.15, 0.2) is 0 Å². The zero-order valence-electron chi connectivity index (χ0n) is 13.5. The van der Waals surface area contributed by atoms with E-state index in [2.05, 4.69) is 10.6 Å². The fourth-order valence-corrected chi connectivity index (χ4v) is 6.97. The predicted molar refractivity (Wildman–Crippen MR) is 104 cm³/mol. The van der Waals surface area contributed by atoms with E-state index in [4.69, 9.17) is 11.6 Å². The Labute approximate surface area is 162 Å². The Balaban J connectivity index is 1.63. The first-order valence-corrected chi connectivity index (χ1v) is 11.1. The van der Waals surface area contributed by atoms with Crippen molar-refractivity contribution < 1.29 is 9.59 Å². The summed E-state index contributed by atoms with van der Waals surface area (Å²) in [5.41, 5.74) is 1.52. The Morgan fingerprint density at radius 1 is 1.32 bits per heavy atom. The van der Waals surface area contributed by atoms with E-state index < -0.39 is 15.8 Å². The van der Waals surface area contributed by atoms with Gasteiger partial charge in [-0.25, -0.2) is 0 Å². The molecule has 0 spiro atoms. The second kappa shape index (κ2) is 8.17. The number of rotatable bonds is 5. The van der Waals surface area contributed by atoms with Crippen LogP contribution in [-0.4, -0.2) is 43.2 Å². The number of halogens is 1. The molecule has 1 saturated heterocycles. The summed E-state index contributed by atoms with van der Waals surface area (Å²) in [5, 5.41) is 6.36. The number of nitrogens with zero attached hydrogens (tertiary/aromatic N) is 1. The molecule has 3 rings (SSSR count). The number of carbonyl (C=O) groups is 2. The molecule has 3 amide bonds. The van der Waals surface area contributed by atoms with Crippen LogP contribution in [0.25, 0.3) is 0 Å². The summed E-state index contributed by atoms with van der Waals surface area (Å²) in [6.45, 7) is 0.463. The summed E-state index contributed by atoms with van der Waals surface area (Å²) in [4.78, 5) is 24.0. The zero-order valence-corrected chi connectivity index (χ0v) is 17.1. The Kier molecular flexibility index (Phi) is 5.94. The Hall–Kier alpha value is -1.62. The van der Waals surface area contributed by atoms with Gasteiger partial charge in [0.1, 0.15) is 0 Å². The van der Waals surface area contributed by atoms with Gasteiger partial charge in [-0.1, -0.05) is 0 Å². The maximum atomic E-state index is 12.2. The fraction of sp³-hybridized carbons (Fsp3) is 0.176. The molecular weight excluding hydrogens is 421 g/mol. The van der Waals surface area contributed by atoms with Crippen molar-refractivity contribution in [3.63, 3.8) is 0 Å². The molecule has 1 aliphatic rings. The van der Waals surface area contributed by atoms with Crippen molar-refractivity contribution in [1.29, 1.82) is 0 Å². The average molecular weight is 438 g/mol. The van der Waals surface area contributed by atoms with Crippen LogP contribution in [0.5, 0.6) is 0 Å². The molecule has 25 heavy (non-hydrogen) atoms. The molecule has 2 unspecified atom stereocenters. The van der Waals surface area contributed by atoms with Gasteiger partial charge >= 0.3 is 163 Å². The van der Waals surface area contributed by atoms with Gasteiger partial charge < -0.3 is 0 Å². The Bertz CT molecular complexity index is 788. The van der Waals surface area contributed by atoms with Crippen LogP contribution in [0, 0.1) is 0 Å². The van der Waals surface area contributed by atoms with Gasteiger partial charge in [-0.3, -0.25) is 0 Å². The van der Waals surface area contributed by atoms with Crippen molar-refractivity contribution in [2.24, 2.45) is 0 Å². The second-order valence-electron chi connectivity index (χ2n) is 5.40. The number of urea groups is 1. The first-order chi connectivity index (χ1) is 12.0. The molecule has 0 aromatic heterocycles. The van der Waals surface area contributed by atoms with Crippen LogP contribution in [-0.2, 0) is 6.54 Å². The summed E-state index contributed by atoms with van der Waals surface area (Å²) in [7, 11) is 1.60. The molecule has 8 heteroatoms. The van der Waals surface area contributed by atoms with E-state index in [1.807, 2.05) is 42.5 Å². The summed E-state index contributed by atoms with van der Waals surface area (Å²) in [6.07, 6.45) is 0. The molecule has 2 atom stereocenters. The maximum absolute atomic E-state index is 12.2. The van der Waals surface area contributed by atoms with Crippen molar-refractivity contribution in [3.05, 3.63) is 64.7 Å². The Morgan fingerprint density at radius 3 is 2.80 bits per heavy atom. The van der Waals surface area contributed by atoms with E-state index in [9.17, 15) is 9.59 Å². The third-order valence-electron chi connectivity index (χ3n) is 3.60. The van der Waals surface area contributed by atoms with Crippen LogP contribution in [0.4, 0.5) is 4.79 Å². The molecule has 130 valence electrons.